The van der Waals surface area contributed by atoms with Gasteiger partial charge in [-0.15, -0.1) is 11.3 Å². The smallest absolute Gasteiger partial charge is 0.254 e. The fourth-order valence-electron chi connectivity index (χ4n) is 7.61. The van der Waals surface area contributed by atoms with Crippen molar-refractivity contribution in [3.8, 4) is 11.5 Å². The molecule has 1 aliphatic rings. The zero-order valence-corrected chi connectivity index (χ0v) is 34.9. The van der Waals surface area contributed by atoms with E-state index in [0.29, 0.717) is 16.9 Å². The summed E-state index contributed by atoms with van der Waals surface area (Å²) < 4.78 is 44.2. The fraction of sp³-hybridized carbons (Fsp3) is 0.200. The molecule has 7 aromatic rings. The van der Waals surface area contributed by atoms with Gasteiger partial charge in [0.15, 0.2) is 5.78 Å². The predicted octanol–water partition coefficient (Wildman–Crippen LogP) is 10.3. The van der Waals surface area contributed by atoms with E-state index in [9.17, 15) is 18.0 Å². The third-order valence-electron chi connectivity index (χ3n) is 10.7. The SMILES string of the molecule is O=C(CN(CCOc1cccc2c3c(sc12)CCCC3)C(=O)c1ccccc1)c1ccc(OCc2ccccc2)c(N(Cc2ccccc2)S(=O)(=O)Cc2ccccc2)c1. The summed E-state index contributed by atoms with van der Waals surface area (Å²) in [4.78, 5) is 31.4. The van der Waals surface area contributed by atoms with Crippen LogP contribution in [-0.2, 0) is 41.8 Å². The summed E-state index contributed by atoms with van der Waals surface area (Å²) in [6.45, 7) is 0.254. The number of carbonyl (C=O) groups excluding carboxylic acids is 2. The van der Waals surface area contributed by atoms with Crippen LogP contribution >= 0.6 is 11.3 Å². The summed E-state index contributed by atoms with van der Waals surface area (Å²) in [6.07, 6.45) is 4.54. The first-order valence-electron chi connectivity index (χ1n) is 20.2. The Kier molecular flexibility index (Phi) is 12.7. The van der Waals surface area contributed by atoms with E-state index in [1.807, 2.05) is 97.1 Å². The van der Waals surface area contributed by atoms with Gasteiger partial charge in [0.1, 0.15) is 24.7 Å². The van der Waals surface area contributed by atoms with E-state index in [4.69, 9.17) is 9.47 Å². The first kappa shape index (κ1) is 40.5. The van der Waals surface area contributed by atoms with Crippen molar-refractivity contribution in [3.05, 3.63) is 196 Å². The number of aryl methyl sites for hydroxylation is 2. The molecule has 1 aliphatic carbocycles. The van der Waals surface area contributed by atoms with Gasteiger partial charge in [-0.2, -0.15) is 0 Å². The normalized spacial score (nSPS) is 12.4. The number of nitrogens with zero attached hydrogens (tertiary/aromatic N) is 2. The number of ether oxygens (including phenoxy) is 2. The molecule has 1 amide bonds. The topological polar surface area (TPSA) is 93.2 Å². The Bertz CT molecular complexity index is 2670. The summed E-state index contributed by atoms with van der Waals surface area (Å²) in [5.41, 5.74) is 4.63. The highest BCUT2D eigenvalue weighted by Crippen LogP contribution is 2.41. The zero-order valence-electron chi connectivity index (χ0n) is 33.2. The lowest BCUT2D eigenvalue weighted by Gasteiger charge is -2.28. The fourth-order valence-corrected chi connectivity index (χ4v) is 10.5. The van der Waals surface area contributed by atoms with Gasteiger partial charge in [0.05, 0.1) is 35.8 Å². The number of anilines is 1. The Hall–Kier alpha value is -6.23. The van der Waals surface area contributed by atoms with Gasteiger partial charge >= 0.3 is 0 Å². The van der Waals surface area contributed by atoms with Gasteiger partial charge in [0.2, 0.25) is 10.0 Å². The molecule has 304 valence electrons. The largest absolute Gasteiger partial charge is 0.490 e. The minimum atomic E-state index is -4.04. The van der Waals surface area contributed by atoms with Crippen LogP contribution in [0, 0.1) is 0 Å². The minimum absolute atomic E-state index is 0.00524. The molecule has 8 rings (SSSR count). The van der Waals surface area contributed by atoms with E-state index in [1.165, 1.54) is 37.9 Å². The number of hydrogen-bond acceptors (Lipinski definition) is 7. The number of hydrogen-bond donors (Lipinski definition) is 0. The van der Waals surface area contributed by atoms with E-state index < -0.39 is 10.0 Å². The molecular weight excluding hydrogens is 789 g/mol. The van der Waals surface area contributed by atoms with Crippen LogP contribution in [0.2, 0.25) is 0 Å². The van der Waals surface area contributed by atoms with E-state index in [2.05, 4.69) is 6.07 Å². The standard InChI is InChI=1S/C50H46N2O6S2/c53-45(34-51(50(54)40-22-11-4-12-23-40)30-31-57-47-26-15-25-43-42-24-13-14-27-48(42)59-49(43)47)41-28-29-46(58-35-38-18-7-2-8-19-38)44(32-41)52(33-37-16-5-1-6-17-37)60(55,56)36-39-20-9-3-10-21-39/h1-12,15-23,25-26,28-29,32H,13-14,24,27,30-31,33-36H2. The number of fused-ring (bicyclic) bond motifs is 3. The van der Waals surface area contributed by atoms with Crippen LogP contribution in [0.4, 0.5) is 5.69 Å². The van der Waals surface area contributed by atoms with E-state index in [1.54, 1.807) is 65.9 Å². The molecule has 8 nitrogen and oxygen atoms in total. The van der Waals surface area contributed by atoms with Crippen molar-refractivity contribution in [1.29, 1.82) is 0 Å². The lowest BCUT2D eigenvalue weighted by molar-refractivity contribution is 0.0686. The Morgan fingerprint density at radius 3 is 2.00 bits per heavy atom. The lowest BCUT2D eigenvalue weighted by atomic mass is 9.96. The van der Waals surface area contributed by atoms with Gasteiger partial charge in [0, 0.05) is 16.0 Å². The maximum atomic E-state index is 14.5. The number of benzene rings is 6. The number of ketones is 1. The Balaban J connectivity index is 1.11. The molecule has 60 heavy (non-hydrogen) atoms. The Morgan fingerprint density at radius 1 is 0.633 bits per heavy atom. The van der Waals surface area contributed by atoms with Crippen LogP contribution in [0.5, 0.6) is 11.5 Å². The average Bonchev–Trinajstić information content (AvgIpc) is 3.68. The van der Waals surface area contributed by atoms with Crippen LogP contribution in [0.1, 0.15) is 60.7 Å². The molecular formula is C50H46N2O6S2. The van der Waals surface area contributed by atoms with Crippen molar-refractivity contribution in [1.82, 2.24) is 4.90 Å². The summed E-state index contributed by atoms with van der Waals surface area (Å²) in [7, 11) is -4.04. The van der Waals surface area contributed by atoms with Crippen LogP contribution in [-0.4, -0.2) is 44.7 Å². The minimum Gasteiger partial charge on any atom is -0.490 e. The molecule has 0 radical (unpaired) electrons. The molecule has 0 spiro atoms. The molecule has 10 heteroatoms. The molecule has 1 aromatic heterocycles. The van der Waals surface area contributed by atoms with Gasteiger partial charge < -0.3 is 14.4 Å². The number of amides is 1. The van der Waals surface area contributed by atoms with Crippen molar-refractivity contribution in [2.45, 2.75) is 44.6 Å². The third kappa shape index (κ3) is 9.62. The quantitative estimate of drug-likeness (QED) is 0.0849. The second-order valence-electron chi connectivity index (χ2n) is 14.9. The third-order valence-corrected chi connectivity index (χ3v) is 13.7. The number of carbonyl (C=O) groups is 2. The average molecular weight is 835 g/mol. The molecule has 0 aliphatic heterocycles. The Labute approximate surface area is 355 Å². The van der Waals surface area contributed by atoms with Crippen molar-refractivity contribution < 1.29 is 27.5 Å². The highest BCUT2D eigenvalue weighted by atomic mass is 32.2. The summed E-state index contributed by atoms with van der Waals surface area (Å²) in [5.74, 6) is 0.146. The van der Waals surface area contributed by atoms with Crippen molar-refractivity contribution in [3.63, 3.8) is 0 Å². The summed E-state index contributed by atoms with van der Waals surface area (Å²) in [5, 5.41) is 1.23. The lowest BCUT2D eigenvalue weighted by Crippen LogP contribution is -2.38. The van der Waals surface area contributed by atoms with Crippen molar-refractivity contribution in [2.24, 2.45) is 0 Å². The van der Waals surface area contributed by atoms with Crippen LogP contribution < -0.4 is 13.8 Å². The van der Waals surface area contributed by atoms with Gasteiger partial charge in [-0.25, -0.2) is 8.42 Å². The number of thiophene rings is 1. The number of Topliss-reactive ketones (excluding diaryl/α,β-unsaturated/α-hetero) is 1. The molecule has 0 unspecified atom stereocenters. The molecule has 0 saturated heterocycles. The van der Waals surface area contributed by atoms with Gasteiger partial charge in [-0.3, -0.25) is 13.9 Å². The van der Waals surface area contributed by atoms with Gasteiger partial charge in [0.25, 0.3) is 5.91 Å². The first-order chi connectivity index (χ1) is 29.3. The van der Waals surface area contributed by atoms with Crippen molar-refractivity contribution in [2.75, 3.05) is 24.0 Å². The maximum Gasteiger partial charge on any atom is 0.254 e. The first-order valence-corrected chi connectivity index (χ1v) is 22.7. The molecule has 6 aromatic carbocycles. The molecule has 0 bridgehead atoms. The second-order valence-corrected chi connectivity index (χ2v) is 17.9. The van der Waals surface area contributed by atoms with Crippen LogP contribution in [0.25, 0.3) is 10.1 Å². The monoisotopic (exact) mass is 834 g/mol. The Morgan fingerprint density at radius 2 is 1.28 bits per heavy atom. The molecule has 0 fully saturated rings. The van der Waals surface area contributed by atoms with Gasteiger partial charge in [-0.05, 0) is 89.7 Å². The molecule has 1 heterocycles. The number of rotatable bonds is 17. The van der Waals surface area contributed by atoms with E-state index in [-0.39, 0.29) is 61.5 Å². The summed E-state index contributed by atoms with van der Waals surface area (Å²) in [6, 6.07) is 47.9. The maximum absolute atomic E-state index is 14.5. The van der Waals surface area contributed by atoms with E-state index >= 15 is 0 Å². The molecule has 0 atom stereocenters. The molecule has 0 N–H and O–H groups in total. The highest BCUT2D eigenvalue weighted by molar-refractivity contribution is 7.92. The van der Waals surface area contributed by atoms with Gasteiger partial charge in [-0.1, -0.05) is 121 Å². The molecule has 0 saturated carbocycles. The number of sulfonamides is 1. The summed E-state index contributed by atoms with van der Waals surface area (Å²) >= 11 is 1.79. The van der Waals surface area contributed by atoms with E-state index in [0.717, 1.165) is 34.4 Å². The highest BCUT2D eigenvalue weighted by Gasteiger charge is 2.29. The second kappa shape index (κ2) is 18.8. The predicted molar refractivity (Wildman–Crippen MR) is 240 cm³/mol. The zero-order chi connectivity index (χ0) is 41.3. The van der Waals surface area contributed by atoms with Crippen LogP contribution in [0.15, 0.2) is 158 Å². The van der Waals surface area contributed by atoms with Crippen LogP contribution in [0.3, 0.4) is 0 Å². The van der Waals surface area contributed by atoms with Crippen molar-refractivity contribution >= 4 is 48.8 Å².